The van der Waals surface area contributed by atoms with E-state index in [1.54, 1.807) is 14.2 Å². The molecule has 1 heterocycles. The minimum Gasteiger partial charge on any atom is -0.496 e. The highest BCUT2D eigenvalue weighted by Gasteiger charge is 2.27. The zero-order valence-corrected chi connectivity index (χ0v) is 21.9. The van der Waals surface area contributed by atoms with Gasteiger partial charge in [0.15, 0.2) is 5.96 Å². The predicted molar refractivity (Wildman–Crippen MR) is 137 cm³/mol. The number of likely N-dealkylation sites (tertiary alicyclic amines) is 1. The monoisotopic (exact) mass is 546 g/mol. The molecule has 0 saturated carbocycles. The number of carbonyl (C=O) groups is 1. The van der Waals surface area contributed by atoms with Gasteiger partial charge in [-0.25, -0.2) is 4.79 Å². The number of amides is 1. The topological polar surface area (TPSA) is 75.2 Å². The summed E-state index contributed by atoms with van der Waals surface area (Å²) in [6.07, 6.45) is 3.82. The molecule has 1 aliphatic rings. The molecule has 1 atom stereocenters. The molecule has 2 N–H and O–H groups in total. The summed E-state index contributed by atoms with van der Waals surface area (Å²) in [6, 6.07) is 8.06. The summed E-state index contributed by atoms with van der Waals surface area (Å²) >= 11 is 0. The minimum absolute atomic E-state index is 0. The van der Waals surface area contributed by atoms with Crippen molar-refractivity contribution < 1.29 is 14.3 Å². The van der Waals surface area contributed by atoms with E-state index in [0.717, 1.165) is 63.6 Å². The van der Waals surface area contributed by atoms with Crippen LogP contribution in [0.25, 0.3) is 0 Å². The van der Waals surface area contributed by atoms with Crippen LogP contribution in [0.5, 0.6) is 5.75 Å². The summed E-state index contributed by atoms with van der Waals surface area (Å²) in [4.78, 5) is 18.5. The van der Waals surface area contributed by atoms with Crippen LogP contribution in [0, 0.1) is 5.92 Å². The van der Waals surface area contributed by atoms with Crippen LogP contribution in [0.2, 0.25) is 0 Å². The van der Waals surface area contributed by atoms with Crippen molar-refractivity contribution in [3.05, 3.63) is 29.8 Å². The first-order valence-corrected chi connectivity index (χ1v) is 10.9. The smallest absolute Gasteiger partial charge is 0.410 e. The third-order valence-corrected chi connectivity index (χ3v) is 5.12. The van der Waals surface area contributed by atoms with E-state index in [0.29, 0.717) is 5.92 Å². The van der Waals surface area contributed by atoms with Crippen molar-refractivity contribution in [2.75, 3.05) is 40.3 Å². The molecule has 1 aromatic rings. The highest BCUT2D eigenvalue weighted by molar-refractivity contribution is 14.0. The van der Waals surface area contributed by atoms with Gasteiger partial charge in [0.2, 0.25) is 0 Å². The molecule has 0 radical (unpaired) electrons. The zero-order valence-electron chi connectivity index (χ0n) is 19.6. The van der Waals surface area contributed by atoms with E-state index < -0.39 is 5.60 Å². The molecule has 0 bridgehead atoms. The second-order valence-electron chi connectivity index (χ2n) is 8.71. The maximum Gasteiger partial charge on any atom is 0.410 e. The molecule has 7 nitrogen and oxygen atoms in total. The summed E-state index contributed by atoms with van der Waals surface area (Å²) in [5.41, 5.74) is 0.723. The predicted octanol–water partition coefficient (Wildman–Crippen LogP) is 4.06. The SMILES string of the molecule is CN=C(NCCc1ccccc1OC)NCCC1CCCN(C(=O)OC(C)(C)C)C1.I. The Balaban J connectivity index is 0.00000480. The molecule has 1 aliphatic heterocycles. The fourth-order valence-electron chi connectivity index (χ4n) is 3.63. The number of nitrogens with zero attached hydrogens (tertiary/aromatic N) is 2. The molecule has 1 amide bonds. The lowest BCUT2D eigenvalue weighted by Crippen LogP contribution is -2.44. The first-order valence-electron chi connectivity index (χ1n) is 10.9. The molecule has 0 aromatic heterocycles. The van der Waals surface area contributed by atoms with Crippen LogP contribution in [0.3, 0.4) is 0 Å². The number of guanidine groups is 1. The molecule has 31 heavy (non-hydrogen) atoms. The average molecular weight is 546 g/mol. The summed E-state index contributed by atoms with van der Waals surface area (Å²) in [5.74, 6) is 2.18. The van der Waals surface area contributed by atoms with Gasteiger partial charge in [-0.3, -0.25) is 4.99 Å². The number of halogens is 1. The van der Waals surface area contributed by atoms with Crippen molar-refractivity contribution in [1.29, 1.82) is 0 Å². The molecule has 0 aliphatic carbocycles. The van der Waals surface area contributed by atoms with Crippen LogP contribution in [0.4, 0.5) is 4.79 Å². The third-order valence-electron chi connectivity index (χ3n) is 5.12. The van der Waals surface area contributed by atoms with E-state index in [2.05, 4.69) is 21.7 Å². The van der Waals surface area contributed by atoms with Crippen molar-refractivity contribution in [2.45, 2.75) is 52.1 Å². The highest BCUT2D eigenvalue weighted by atomic mass is 127. The van der Waals surface area contributed by atoms with Gasteiger partial charge in [0.05, 0.1) is 7.11 Å². The molecule has 1 saturated heterocycles. The van der Waals surface area contributed by atoms with Crippen molar-refractivity contribution in [3.63, 3.8) is 0 Å². The minimum atomic E-state index is -0.451. The fraction of sp³-hybridized carbons (Fsp3) is 0.652. The molecular weight excluding hydrogens is 507 g/mol. The number of benzene rings is 1. The molecule has 1 fully saturated rings. The maximum absolute atomic E-state index is 12.3. The van der Waals surface area contributed by atoms with Crippen LogP contribution in [0.1, 0.15) is 45.6 Å². The lowest BCUT2D eigenvalue weighted by molar-refractivity contribution is 0.0162. The maximum atomic E-state index is 12.3. The largest absolute Gasteiger partial charge is 0.496 e. The second-order valence-corrected chi connectivity index (χ2v) is 8.71. The van der Waals surface area contributed by atoms with E-state index in [4.69, 9.17) is 9.47 Å². The van der Waals surface area contributed by atoms with Crippen LogP contribution >= 0.6 is 24.0 Å². The van der Waals surface area contributed by atoms with Crippen LogP contribution in [0.15, 0.2) is 29.3 Å². The summed E-state index contributed by atoms with van der Waals surface area (Å²) < 4.78 is 10.9. The normalized spacial score (nSPS) is 16.9. The lowest BCUT2D eigenvalue weighted by atomic mass is 9.95. The highest BCUT2D eigenvalue weighted by Crippen LogP contribution is 2.21. The molecule has 1 unspecified atom stereocenters. The second kappa shape index (κ2) is 13.6. The summed E-state index contributed by atoms with van der Waals surface area (Å²) in [5, 5.41) is 6.75. The third kappa shape index (κ3) is 9.97. The van der Waals surface area contributed by atoms with Gasteiger partial charge < -0.3 is 25.0 Å². The molecule has 176 valence electrons. The average Bonchev–Trinajstić information content (AvgIpc) is 2.72. The van der Waals surface area contributed by atoms with E-state index in [9.17, 15) is 4.79 Å². The molecule has 2 rings (SSSR count). The molecule has 1 aromatic carbocycles. The van der Waals surface area contributed by atoms with Gasteiger partial charge in [-0.2, -0.15) is 0 Å². The Morgan fingerprint density at radius 1 is 1.23 bits per heavy atom. The van der Waals surface area contributed by atoms with Crippen molar-refractivity contribution in [2.24, 2.45) is 10.9 Å². The van der Waals surface area contributed by atoms with Crippen LogP contribution in [-0.2, 0) is 11.2 Å². The Morgan fingerprint density at radius 3 is 2.61 bits per heavy atom. The molecular formula is C23H39IN4O3. The number of piperidine rings is 1. The number of carbonyl (C=O) groups excluding carboxylic acids is 1. The number of nitrogens with one attached hydrogen (secondary N) is 2. The first-order chi connectivity index (χ1) is 14.3. The van der Waals surface area contributed by atoms with Gasteiger partial charge in [0.25, 0.3) is 0 Å². The van der Waals surface area contributed by atoms with E-state index in [1.165, 1.54) is 5.56 Å². The standard InChI is InChI=1S/C23H38N4O3.HI/c1-23(2,3)30-22(28)27-16-8-9-18(17-27)12-14-25-21(24-4)26-15-13-19-10-6-7-11-20(19)29-5;/h6-7,10-11,18H,8-9,12-17H2,1-5H3,(H2,24,25,26);1H. The number of methoxy groups -OCH3 is 1. The Labute approximate surface area is 204 Å². The lowest BCUT2D eigenvalue weighted by Gasteiger charge is -2.34. The van der Waals surface area contributed by atoms with Crippen molar-refractivity contribution in [1.82, 2.24) is 15.5 Å². The fourth-order valence-corrected chi connectivity index (χ4v) is 3.63. The number of aliphatic imine (C=N–C) groups is 1. The molecule has 8 heteroatoms. The molecule has 0 spiro atoms. The Bertz CT molecular complexity index is 706. The number of hydrogen-bond donors (Lipinski definition) is 2. The number of para-hydroxylation sites is 1. The van der Waals surface area contributed by atoms with E-state index >= 15 is 0 Å². The number of rotatable bonds is 7. The van der Waals surface area contributed by atoms with Crippen molar-refractivity contribution >= 4 is 36.0 Å². The summed E-state index contributed by atoms with van der Waals surface area (Å²) in [6.45, 7) is 8.85. The van der Waals surface area contributed by atoms with E-state index in [-0.39, 0.29) is 30.1 Å². The number of hydrogen-bond acceptors (Lipinski definition) is 4. The van der Waals surface area contributed by atoms with Gasteiger partial charge in [-0.15, -0.1) is 24.0 Å². The number of ether oxygens (including phenoxy) is 2. The Kier molecular flexibility index (Phi) is 12.0. The summed E-state index contributed by atoms with van der Waals surface area (Å²) in [7, 11) is 3.48. The zero-order chi connectivity index (χ0) is 22.0. The quantitative estimate of drug-likeness (QED) is 0.307. The Hall–Kier alpha value is -1.71. The van der Waals surface area contributed by atoms with Crippen LogP contribution in [-0.4, -0.2) is 62.9 Å². The van der Waals surface area contributed by atoms with Crippen molar-refractivity contribution in [3.8, 4) is 5.75 Å². The first kappa shape index (κ1) is 27.3. The van der Waals surface area contributed by atoms with Gasteiger partial charge in [-0.1, -0.05) is 18.2 Å². The van der Waals surface area contributed by atoms with E-state index in [1.807, 2.05) is 43.9 Å². The van der Waals surface area contributed by atoms with Gasteiger partial charge in [0, 0.05) is 33.2 Å². The van der Waals surface area contributed by atoms with Crippen LogP contribution < -0.4 is 15.4 Å². The van der Waals surface area contributed by atoms with Gasteiger partial charge in [-0.05, 0) is 64.0 Å². The Morgan fingerprint density at radius 2 is 1.94 bits per heavy atom. The van der Waals surface area contributed by atoms with Gasteiger partial charge in [0.1, 0.15) is 11.4 Å². The van der Waals surface area contributed by atoms with Gasteiger partial charge >= 0.3 is 6.09 Å².